The number of rotatable bonds is 4. The number of fused-ring (bicyclic) bond motifs is 2. The van der Waals surface area contributed by atoms with Gasteiger partial charge < -0.3 is 10.2 Å². The molecule has 1 amide bonds. The van der Waals surface area contributed by atoms with Crippen LogP contribution in [0.15, 0.2) is 0 Å². The van der Waals surface area contributed by atoms with Crippen LogP contribution >= 0.6 is 0 Å². The number of carbonyl (C=O) groups is 1. The van der Waals surface area contributed by atoms with Gasteiger partial charge in [0.05, 0.1) is 11.5 Å². The Kier molecular flexibility index (Phi) is 4.34. The minimum Gasteiger partial charge on any atom is -0.341 e. The van der Waals surface area contributed by atoms with E-state index in [-0.39, 0.29) is 11.6 Å². The zero-order valence-electron chi connectivity index (χ0n) is 13.6. The van der Waals surface area contributed by atoms with E-state index in [0.29, 0.717) is 36.4 Å². The highest BCUT2D eigenvalue weighted by Crippen LogP contribution is 2.23. The fraction of sp³-hybridized carbons (Fsp3) is 0.733. The second kappa shape index (κ2) is 6.27. The lowest BCUT2D eigenvalue weighted by molar-refractivity contribution is -0.386. The number of likely N-dealkylation sites (tertiary alicyclic amines) is 1. The molecule has 3 heterocycles. The van der Waals surface area contributed by atoms with Crippen LogP contribution in [0.1, 0.15) is 37.1 Å². The van der Waals surface area contributed by atoms with Crippen molar-refractivity contribution in [1.82, 2.24) is 20.0 Å². The summed E-state index contributed by atoms with van der Waals surface area (Å²) in [6.45, 7) is 5.26. The molecular weight excluding hydrogens is 298 g/mol. The molecule has 126 valence electrons. The van der Waals surface area contributed by atoms with Crippen molar-refractivity contribution in [1.29, 1.82) is 0 Å². The molecule has 3 rings (SSSR count). The van der Waals surface area contributed by atoms with Crippen molar-refractivity contribution < 1.29 is 9.72 Å². The van der Waals surface area contributed by atoms with Crippen LogP contribution < -0.4 is 5.32 Å². The van der Waals surface area contributed by atoms with E-state index in [4.69, 9.17) is 0 Å². The van der Waals surface area contributed by atoms with Gasteiger partial charge in [0, 0.05) is 31.6 Å². The van der Waals surface area contributed by atoms with Crippen molar-refractivity contribution in [2.45, 2.75) is 58.2 Å². The van der Waals surface area contributed by atoms with E-state index in [9.17, 15) is 14.9 Å². The Labute approximate surface area is 135 Å². The van der Waals surface area contributed by atoms with Crippen LogP contribution in [-0.4, -0.2) is 50.7 Å². The molecule has 2 atom stereocenters. The Morgan fingerprint density at radius 3 is 2.78 bits per heavy atom. The first-order chi connectivity index (χ1) is 11.0. The molecule has 1 aromatic rings. The van der Waals surface area contributed by atoms with Crippen molar-refractivity contribution >= 4 is 11.6 Å². The summed E-state index contributed by atoms with van der Waals surface area (Å²) in [7, 11) is 0. The van der Waals surface area contributed by atoms with Gasteiger partial charge in [-0.3, -0.25) is 19.6 Å². The Bertz CT molecular complexity index is 627. The quantitative estimate of drug-likeness (QED) is 0.663. The Balaban J connectivity index is 1.61. The van der Waals surface area contributed by atoms with Gasteiger partial charge in [-0.1, -0.05) is 0 Å². The molecule has 23 heavy (non-hydrogen) atoms. The van der Waals surface area contributed by atoms with Gasteiger partial charge in [-0.2, -0.15) is 5.10 Å². The number of hydrogen-bond acceptors (Lipinski definition) is 5. The molecular formula is C15H23N5O3. The summed E-state index contributed by atoms with van der Waals surface area (Å²) in [6.07, 6.45) is 3.68. The number of nitro groups is 1. The molecule has 0 aliphatic carbocycles. The highest BCUT2D eigenvalue weighted by atomic mass is 16.6. The summed E-state index contributed by atoms with van der Waals surface area (Å²) in [6, 6.07) is 0.970. The second-order valence-electron chi connectivity index (χ2n) is 6.52. The molecule has 2 unspecified atom stereocenters. The third-order valence-corrected chi connectivity index (χ3v) is 4.94. The van der Waals surface area contributed by atoms with Crippen LogP contribution in [0.5, 0.6) is 0 Å². The van der Waals surface area contributed by atoms with Crippen LogP contribution in [0.4, 0.5) is 5.69 Å². The van der Waals surface area contributed by atoms with Crippen molar-refractivity contribution in [2.75, 3.05) is 13.1 Å². The molecule has 0 spiro atoms. The SMILES string of the molecule is Cc1nn(CCC(=O)N2CCC3CCC(C2)N3)c(C)c1[N+](=O)[O-]. The Hall–Kier alpha value is -1.96. The van der Waals surface area contributed by atoms with E-state index in [1.807, 2.05) is 4.90 Å². The molecule has 2 aliphatic heterocycles. The van der Waals surface area contributed by atoms with E-state index in [2.05, 4.69) is 10.4 Å². The topological polar surface area (TPSA) is 93.3 Å². The lowest BCUT2D eigenvalue weighted by Crippen LogP contribution is -2.39. The summed E-state index contributed by atoms with van der Waals surface area (Å²) < 4.78 is 1.58. The Morgan fingerprint density at radius 1 is 1.35 bits per heavy atom. The maximum Gasteiger partial charge on any atom is 0.312 e. The minimum absolute atomic E-state index is 0.0498. The number of carbonyl (C=O) groups excluding carboxylic acids is 1. The number of amides is 1. The zero-order chi connectivity index (χ0) is 16.6. The predicted molar refractivity (Wildman–Crippen MR) is 84.1 cm³/mol. The van der Waals surface area contributed by atoms with Crippen molar-refractivity contribution in [3.63, 3.8) is 0 Å². The molecule has 8 heteroatoms. The maximum absolute atomic E-state index is 12.5. The first kappa shape index (κ1) is 15.9. The smallest absolute Gasteiger partial charge is 0.312 e. The number of aromatic nitrogens is 2. The molecule has 0 aromatic carbocycles. The zero-order valence-corrected chi connectivity index (χ0v) is 13.6. The largest absolute Gasteiger partial charge is 0.341 e. The van der Waals surface area contributed by atoms with Crippen LogP contribution in [0, 0.1) is 24.0 Å². The molecule has 2 saturated heterocycles. The van der Waals surface area contributed by atoms with Crippen molar-refractivity contribution in [2.24, 2.45) is 0 Å². The fourth-order valence-electron chi connectivity index (χ4n) is 3.70. The molecule has 2 bridgehead atoms. The van der Waals surface area contributed by atoms with Crippen LogP contribution in [0.2, 0.25) is 0 Å². The van der Waals surface area contributed by atoms with Gasteiger partial charge in [0.15, 0.2) is 0 Å². The number of aryl methyl sites for hydroxylation is 2. The highest BCUT2D eigenvalue weighted by Gasteiger charge is 2.31. The predicted octanol–water partition coefficient (Wildman–Crippen LogP) is 1.15. The van der Waals surface area contributed by atoms with Gasteiger partial charge in [-0.15, -0.1) is 0 Å². The highest BCUT2D eigenvalue weighted by molar-refractivity contribution is 5.76. The summed E-state index contributed by atoms with van der Waals surface area (Å²) in [4.78, 5) is 25.0. The van der Waals surface area contributed by atoms with Gasteiger partial charge in [0.2, 0.25) is 5.91 Å². The van der Waals surface area contributed by atoms with Gasteiger partial charge in [0.25, 0.3) is 0 Å². The minimum atomic E-state index is -0.410. The fourth-order valence-corrected chi connectivity index (χ4v) is 3.70. The molecule has 2 aliphatic rings. The van der Waals surface area contributed by atoms with E-state index >= 15 is 0 Å². The first-order valence-corrected chi connectivity index (χ1v) is 8.18. The van der Waals surface area contributed by atoms with Crippen LogP contribution in [0.25, 0.3) is 0 Å². The molecule has 8 nitrogen and oxygen atoms in total. The lowest BCUT2D eigenvalue weighted by Gasteiger charge is -2.24. The van der Waals surface area contributed by atoms with E-state index in [1.54, 1.807) is 18.5 Å². The number of nitrogens with zero attached hydrogens (tertiary/aromatic N) is 4. The lowest BCUT2D eigenvalue weighted by atomic mass is 10.1. The van der Waals surface area contributed by atoms with E-state index in [1.165, 1.54) is 6.42 Å². The van der Waals surface area contributed by atoms with Crippen LogP contribution in [-0.2, 0) is 11.3 Å². The normalized spacial score (nSPS) is 23.8. The average molecular weight is 321 g/mol. The molecule has 0 radical (unpaired) electrons. The van der Waals surface area contributed by atoms with E-state index in [0.717, 1.165) is 25.9 Å². The van der Waals surface area contributed by atoms with Gasteiger partial charge in [0.1, 0.15) is 11.4 Å². The third-order valence-electron chi connectivity index (χ3n) is 4.94. The van der Waals surface area contributed by atoms with Crippen LogP contribution in [0.3, 0.4) is 0 Å². The Morgan fingerprint density at radius 2 is 2.09 bits per heavy atom. The maximum atomic E-state index is 12.5. The second-order valence-corrected chi connectivity index (χ2v) is 6.52. The summed E-state index contributed by atoms with van der Waals surface area (Å²) >= 11 is 0. The molecule has 2 fully saturated rings. The summed E-state index contributed by atoms with van der Waals surface area (Å²) in [5.41, 5.74) is 0.960. The molecule has 1 aromatic heterocycles. The van der Waals surface area contributed by atoms with Crippen molar-refractivity contribution in [3.05, 3.63) is 21.5 Å². The molecule has 0 saturated carbocycles. The standard InChI is InChI=1S/C15H23N5O3/c1-10-15(20(22)23)11(2)19(17-10)8-6-14(21)18-7-5-12-3-4-13(9-18)16-12/h12-13,16H,3-9H2,1-2H3. The first-order valence-electron chi connectivity index (χ1n) is 8.18. The molecule has 1 N–H and O–H groups in total. The third kappa shape index (κ3) is 3.21. The number of hydrogen-bond donors (Lipinski definition) is 1. The summed E-state index contributed by atoms with van der Waals surface area (Å²) in [5, 5.41) is 18.8. The van der Waals surface area contributed by atoms with E-state index < -0.39 is 4.92 Å². The number of nitrogens with one attached hydrogen (secondary N) is 1. The van der Waals surface area contributed by atoms with Gasteiger partial charge >= 0.3 is 5.69 Å². The van der Waals surface area contributed by atoms with Gasteiger partial charge in [-0.05, 0) is 33.1 Å². The average Bonchev–Trinajstić information content (AvgIpc) is 2.95. The summed E-state index contributed by atoms with van der Waals surface area (Å²) in [5.74, 6) is 0.106. The monoisotopic (exact) mass is 321 g/mol. The van der Waals surface area contributed by atoms with Crippen molar-refractivity contribution in [3.8, 4) is 0 Å². The van der Waals surface area contributed by atoms with Gasteiger partial charge in [-0.25, -0.2) is 0 Å².